The second-order valence-electron chi connectivity index (χ2n) is 3.95. The minimum absolute atomic E-state index is 0.224. The van der Waals surface area contributed by atoms with E-state index in [0.29, 0.717) is 5.56 Å². The number of aliphatic carboxylic acids is 1. The van der Waals surface area contributed by atoms with Gasteiger partial charge in [-0.15, -0.1) is 0 Å². The maximum absolute atomic E-state index is 12.3. The Labute approximate surface area is 113 Å². The van der Waals surface area contributed by atoms with Crippen LogP contribution in [0.15, 0.2) is 36.4 Å². The van der Waals surface area contributed by atoms with Gasteiger partial charge in [0.1, 0.15) is 13.1 Å². The lowest BCUT2D eigenvalue weighted by atomic mass is 10.2. The summed E-state index contributed by atoms with van der Waals surface area (Å²) in [6, 6.07) is 8.48. The van der Waals surface area contributed by atoms with Crippen LogP contribution in [-0.2, 0) is 9.59 Å². The molecule has 1 aromatic carbocycles. The van der Waals surface area contributed by atoms with Gasteiger partial charge in [-0.3, -0.25) is 9.59 Å². The average Bonchev–Trinajstić information content (AvgIpc) is 2.34. The van der Waals surface area contributed by atoms with Gasteiger partial charge < -0.3 is 10.0 Å². The monoisotopic (exact) mass is 287 g/mol. The van der Waals surface area contributed by atoms with Gasteiger partial charge in [0.25, 0.3) is 0 Å². The smallest absolute Gasteiger partial charge is 0.406 e. The lowest BCUT2D eigenvalue weighted by Crippen LogP contribution is -2.41. The lowest BCUT2D eigenvalue weighted by Gasteiger charge is -2.20. The zero-order chi connectivity index (χ0) is 15.2. The molecule has 7 heteroatoms. The van der Waals surface area contributed by atoms with Crippen molar-refractivity contribution in [3.05, 3.63) is 42.0 Å². The van der Waals surface area contributed by atoms with Crippen LogP contribution in [0.5, 0.6) is 0 Å². The van der Waals surface area contributed by atoms with Crippen LogP contribution in [0.25, 0.3) is 6.08 Å². The molecule has 1 N–H and O–H groups in total. The molecule has 0 saturated heterocycles. The van der Waals surface area contributed by atoms with Crippen molar-refractivity contribution in [3.63, 3.8) is 0 Å². The van der Waals surface area contributed by atoms with Crippen LogP contribution in [0.3, 0.4) is 0 Å². The van der Waals surface area contributed by atoms with Crippen molar-refractivity contribution in [1.82, 2.24) is 4.90 Å². The lowest BCUT2D eigenvalue weighted by molar-refractivity contribution is -0.163. The van der Waals surface area contributed by atoms with E-state index in [-0.39, 0.29) is 4.90 Å². The highest BCUT2D eigenvalue weighted by Crippen LogP contribution is 2.16. The molecule has 0 aliphatic heterocycles. The summed E-state index contributed by atoms with van der Waals surface area (Å²) < 4.78 is 36.8. The van der Waals surface area contributed by atoms with Crippen molar-refractivity contribution in [1.29, 1.82) is 0 Å². The van der Waals surface area contributed by atoms with Crippen molar-refractivity contribution in [3.8, 4) is 0 Å². The molecule has 0 saturated carbocycles. The summed E-state index contributed by atoms with van der Waals surface area (Å²) in [5, 5.41) is 8.53. The summed E-state index contributed by atoms with van der Waals surface area (Å²) in [5.74, 6) is -2.51. The summed E-state index contributed by atoms with van der Waals surface area (Å²) >= 11 is 0. The van der Waals surface area contributed by atoms with Crippen molar-refractivity contribution < 1.29 is 27.9 Å². The molecule has 1 rings (SSSR count). The fraction of sp³-hybridized carbons (Fsp3) is 0.231. The van der Waals surface area contributed by atoms with Gasteiger partial charge >= 0.3 is 12.1 Å². The standard InChI is InChI=1S/C13H12F3NO3/c14-13(15,16)9-17(8-12(19)20)11(18)7-6-10-4-2-1-3-5-10/h1-7H,8-9H2,(H,19,20). The Bertz CT molecular complexity index is 497. The molecule has 0 radical (unpaired) electrons. The van der Waals surface area contributed by atoms with Crippen molar-refractivity contribution in [2.45, 2.75) is 6.18 Å². The molecule has 108 valence electrons. The van der Waals surface area contributed by atoms with Crippen LogP contribution in [0.1, 0.15) is 5.56 Å². The number of carbonyl (C=O) groups excluding carboxylic acids is 1. The number of nitrogens with zero attached hydrogens (tertiary/aromatic N) is 1. The van der Waals surface area contributed by atoms with Gasteiger partial charge in [0, 0.05) is 6.08 Å². The number of amides is 1. The van der Waals surface area contributed by atoms with Crippen LogP contribution in [0.2, 0.25) is 0 Å². The van der Waals surface area contributed by atoms with Crippen LogP contribution >= 0.6 is 0 Å². The van der Waals surface area contributed by atoms with Gasteiger partial charge in [-0.1, -0.05) is 30.3 Å². The van der Waals surface area contributed by atoms with Crippen LogP contribution in [0.4, 0.5) is 13.2 Å². The van der Waals surface area contributed by atoms with E-state index in [1.807, 2.05) is 0 Å². The minimum Gasteiger partial charge on any atom is -0.480 e. The summed E-state index contributed by atoms with van der Waals surface area (Å²) in [5.41, 5.74) is 0.628. The molecule has 0 unspecified atom stereocenters. The highest BCUT2D eigenvalue weighted by molar-refractivity contribution is 5.93. The molecular formula is C13H12F3NO3. The van der Waals surface area contributed by atoms with Gasteiger partial charge in [-0.05, 0) is 11.6 Å². The number of carboxylic acid groups (broad SMARTS) is 1. The quantitative estimate of drug-likeness (QED) is 0.844. The number of carboxylic acids is 1. The largest absolute Gasteiger partial charge is 0.480 e. The first kappa shape index (κ1) is 15.7. The molecule has 0 heterocycles. The normalized spacial score (nSPS) is 11.6. The summed E-state index contributed by atoms with van der Waals surface area (Å²) in [6.07, 6.45) is -2.40. The second-order valence-corrected chi connectivity index (χ2v) is 3.95. The zero-order valence-electron chi connectivity index (χ0n) is 10.3. The molecule has 0 aliphatic carbocycles. The molecule has 20 heavy (non-hydrogen) atoms. The van der Waals surface area contributed by atoms with Crippen molar-refractivity contribution in [2.24, 2.45) is 0 Å². The molecular weight excluding hydrogens is 275 g/mol. The molecule has 1 amide bonds. The van der Waals surface area contributed by atoms with Gasteiger partial charge in [-0.25, -0.2) is 0 Å². The number of benzene rings is 1. The first-order chi connectivity index (χ1) is 9.28. The third-order valence-corrected chi connectivity index (χ3v) is 2.23. The fourth-order valence-electron chi connectivity index (χ4n) is 1.43. The Morgan fingerprint density at radius 2 is 1.80 bits per heavy atom. The summed E-state index contributed by atoms with van der Waals surface area (Å²) in [7, 11) is 0. The Kier molecular flexibility index (Phi) is 5.31. The van der Waals surface area contributed by atoms with E-state index in [2.05, 4.69) is 0 Å². The predicted molar refractivity (Wildman–Crippen MR) is 65.7 cm³/mol. The number of hydrogen-bond donors (Lipinski definition) is 1. The maximum atomic E-state index is 12.3. The zero-order valence-corrected chi connectivity index (χ0v) is 10.3. The van der Waals surface area contributed by atoms with E-state index in [0.717, 1.165) is 6.08 Å². The number of rotatable bonds is 5. The molecule has 0 bridgehead atoms. The SMILES string of the molecule is O=C(O)CN(CC(F)(F)F)C(=O)C=Cc1ccccc1. The van der Waals surface area contributed by atoms with Crippen LogP contribution < -0.4 is 0 Å². The Morgan fingerprint density at radius 3 is 2.30 bits per heavy atom. The molecule has 0 spiro atoms. The number of hydrogen-bond acceptors (Lipinski definition) is 2. The predicted octanol–water partition coefficient (Wildman–Crippen LogP) is 2.18. The Balaban J connectivity index is 2.77. The minimum atomic E-state index is -4.65. The van der Waals surface area contributed by atoms with Crippen LogP contribution in [-0.4, -0.2) is 41.1 Å². The van der Waals surface area contributed by atoms with E-state index in [4.69, 9.17) is 5.11 Å². The topological polar surface area (TPSA) is 57.6 Å². The van der Waals surface area contributed by atoms with E-state index < -0.39 is 31.1 Å². The first-order valence-corrected chi connectivity index (χ1v) is 5.58. The molecule has 1 aromatic rings. The number of halogens is 3. The number of alkyl halides is 3. The fourth-order valence-corrected chi connectivity index (χ4v) is 1.43. The Morgan fingerprint density at radius 1 is 1.20 bits per heavy atom. The molecule has 0 aliphatic rings. The van der Waals surface area contributed by atoms with Gasteiger partial charge in [-0.2, -0.15) is 13.2 Å². The maximum Gasteiger partial charge on any atom is 0.406 e. The molecule has 0 fully saturated rings. The van der Waals surface area contributed by atoms with Crippen LogP contribution in [0, 0.1) is 0 Å². The molecule has 0 aromatic heterocycles. The third kappa shape index (κ3) is 6.03. The van der Waals surface area contributed by atoms with E-state index in [1.54, 1.807) is 30.3 Å². The first-order valence-electron chi connectivity index (χ1n) is 5.58. The average molecular weight is 287 g/mol. The Hall–Kier alpha value is -2.31. The van der Waals surface area contributed by atoms with Gasteiger partial charge in [0.15, 0.2) is 0 Å². The third-order valence-electron chi connectivity index (χ3n) is 2.23. The second kappa shape index (κ2) is 6.74. The van der Waals surface area contributed by atoms with E-state index in [1.165, 1.54) is 6.08 Å². The highest BCUT2D eigenvalue weighted by atomic mass is 19.4. The van der Waals surface area contributed by atoms with E-state index in [9.17, 15) is 22.8 Å². The molecule has 0 atom stereocenters. The summed E-state index contributed by atoms with van der Waals surface area (Å²) in [4.78, 5) is 22.3. The van der Waals surface area contributed by atoms with E-state index >= 15 is 0 Å². The number of carbonyl (C=O) groups is 2. The van der Waals surface area contributed by atoms with Gasteiger partial charge in [0.2, 0.25) is 5.91 Å². The summed E-state index contributed by atoms with van der Waals surface area (Å²) in [6.45, 7) is -2.60. The molecule has 4 nitrogen and oxygen atoms in total. The van der Waals surface area contributed by atoms with Gasteiger partial charge in [0.05, 0.1) is 0 Å². The van der Waals surface area contributed by atoms with Crippen molar-refractivity contribution >= 4 is 18.0 Å². The van der Waals surface area contributed by atoms with Crippen molar-refractivity contribution in [2.75, 3.05) is 13.1 Å². The highest BCUT2D eigenvalue weighted by Gasteiger charge is 2.33.